The number of amides is 1. The lowest BCUT2D eigenvalue weighted by Gasteiger charge is -2.18. The molecule has 3 aromatic rings. The standard InChI is InChI=1S/C27H26N6O5/c1-14-9-19-21(10-15(14)2)32(3)24-23(30-19)25(35)33(27(37)31-24)13-22(34)29-20(26(36)38-4)11-16-12-28-18-8-6-5-7-17(16)18/h5-10,12,20,28H,11,13H2,1-4H3,(H,29,34). The summed E-state index contributed by atoms with van der Waals surface area (Å²) in [5.41, 5.74) is 3.37. The van der Waals surface area contributed by atoms with Crippen molar-refractivity contribution in [3.8, 4) is 11.5 Å². The number of esters is 1. The largest absolute Gasteiger partial charge is 0.467 e. The van der Waals surface area contributed by atoms with Crippen molar-refractivity contribution in [2.24, 2.45) is 7.05 Å². The van der Waals surface area contributed by atoms with E-state index in [0.29, 0.717) is 5.52 Å². The van der Waals surface area contributed by atoms with Gasteiger partial charge < -0.3 is 19.6 Å². The molecule has 0 radical (unpaired) electrons. The molecule has 0 fully saturated rings. The van der Waals surface area contributed by atoms with Gasteiger partial charge in [0.25, 0.3) is 5.56 Å². The van der Waals surface area contributed by atoms with Crippen LogP contribution >= 0.6 is 0 Å². The van der Waals surface area contributed by atoms with E-state index in [2.05, 4.69) is 20.3 Å². The topological polar surface area (TPSA) is 141 Å². The van der Waals surface area contributed by atoms with E-state index in [1.54, 1.807) is 17.8 Å². The fourth-order valence-corrected chi connectivity index (χ4v) is 4.60. The van der Waals surface area contributed by atoms with Gasteiger partial charge in [0, 0.05) is 30.6 Å². The van der Waals surface area contributed by atoms with Crippen molar-refractivity contribution in [3.05, 3.63) is 80.1 Å². The Balaban J connectivity index is 1.47. The summed E-state index contributed by atoms with van der Waals surface area (Å²) in [6, 6.07) is 10.3. The van der Waals surface area contributed by atoms with Crippen molar-refractivity contribution in [1.82, 2.24) is 29.4 Å². The zero-order valence-electron chi connectivity index (χ0n) is 21.4. The molecule has 0 spiro atoms. The van der Waals surface area contributed by atoms with E-state index in [9.17, 15) is 19.2 Å². The third-order valence-electron chi connectivity index (χ3n) is 6.82. The van der Waals surface area contributed by atoms with Gasteiger partial charge in [-0.25, -0.2) is 19.1 Å². The number of ether oxygens (including phenoxy) is 1. The van der Waals surface area contributed by atoms with E-state index < -0.39 is 35.7 Å². The number of hydrogen-bond acceptors (Lipinski definition) is 7. The molecule has 5 rings (SSSR count). The fraction of sp³-hybridized carbons (Fsp3) is 0.259. The van der Waals surface area contributed by atoms with Gasteiger partial charge in [-0.15, -0.1) is 0 Å². The molecule has 0 saturated carbocycles. The first-order valence-corrected chi connectivity index (χ1v) is 12.0. The molecule has 0 aliphatic carbocycles. The van der Waals surface area contributed by atoms with Gasteiger partial charge in [-0.2, -0.15) is 4.98 Å². The second-order valence-corrected chi connectivity index (χ2v) is 9.26. The average Bonchev–Trinajstić information content (AvgIpc) is 3.30. The van der Waals surface area contributed by atoms with E-state index in [0.717, 1.165) is 37.7 Å². The summed E-state index contributed by atoms with van der Waals surface area (Å²) in [6.07, 6.45) is 1.92. The molecule has 1 aromatic heterocycles. The minimum atomic E-state index is -1.03. The first kappa shape index (κ1) is 24.9. The zero-order chi connectivity index (χ0) is 27.1. The lowest BCUT2D eigenvalue weighted by Crippen LogP contribution is -2.48. The third-order valence-corrected chi connectivity index (χ3v) is 6.82. The summed E-state index contributed by atoms with van der Waals surface area (Å²) in [5.74, 6) is -1.24. The number of aromatic nitrogens is 5. The maximum absolute atomic E-state index is 13.3. The SMILES string of the molecule is COC(=O)C(Cc1c[nH]c2ccccc12)NC(=O)Cn1c(=O)nc2n(C)c3cc(C)c(C)cc3nc-2c1=O. The Labute approximate surface area is 216 Å². The average molecular weight is 515 g/mol. The van der Waals surface area contributed by atoms with Crippen LogP contribution in [0.25, 0.3) is 33.5 Å². The summed E-state index contributed by atoms with van der Waals surface area (Å²) in [6.45, 7) is 3.27. The maximum Gasteiger partial charge on any atom is 0.353 e. The highest BCUT2D eigenvalue weighted by molar-refractivity contribution is 5.87. The van der Waals surface area contributed by atoms with Crippen LogP contribution in [0.5, 0.6) is 0 Å². The Kier molecular flexibility index (Phi) is 6.27. The van der Waals surface area contributed by atoms with Crippen LogP contribution in [0.3, 0.4) is 0 Å². The van der Waals surface area contributed by atoms with E-state index in [-0.39, 0.29) is 17.9 Å². The van der Waals surface area contributed by atoms with Crippen LogP contribution in [0.15, 0.2) is 52.2 Å². The summed E-state index contributed by atoms with van der Waals surface area (Å²) >= 11 is 0. The molecule has 2 aliphatic rings. The fourth-order valence-electron chi connectivity index (χ4n) is 4.60. The van der Waals surface area contributed by atoms with Gasteiger partial charge >= 0.3 is 11.7 Å². The second-order valence-electron chi connectivity index (χ2n) is 9.26. The second kappa shape index (κ2) is 9.58. The minimum Gasteiger partial charge on any atom is -0.467 e. The lowest BCUT2D eigenvalue weighted by atomic mass is 10.0. The van der Waals surface area contributed by atoms with Crippen molar-refractivity contribution in [2.45, 2.75) is 32.9 Å². The Hall–Kier alpha value is -4.80. The van der Waals surface area contributed by atoms with Crippen LogP contribution in [-0.2, 0) is 34.3 Å². The van der Waals surface area contributed by atoms with Crippen LogP contribution in [0.2, 0.25) is 0 Å². The van der Waals surface area contributed by atoms with Gasteiger partial charge in [0.2, 0.25) is 5.91 Å². The minimum absolute atomic E-state index is 0.0287. The Morgan fingerprint density at radius 1 is 1.11 bits per heavy atom. The normalized spacial score (nSPS) is 12.2. The summed E-state index contributed by atoms with van der Waals surface area (Å²) < 4.78 is 7.25. The van der Waals surface area contributed by atoms with E-state index in [1.807, 2.05) is 50.2 Å². The van der Waals surface area contributed by atoms with E-state index in [1.165, 1.54) is 7.11 Å². The number of fused-ring (bicyclic) bond motifs is 3. The predicted molar refractivity (Wildman–Crippen MR) is 141 cm³/mol. The van der Waals surface area contributed by atoms with E-state index in [4.69, 9.17) is 4.74 Å². The van der Waals surface area contributed by atoms with Gasteiger partial charge in [-0.1, -0.05) is 18.2 Å². The number of nitrogens with zero attached hydrogens (tertiary/aromatic N) is 4. The number of nitrogens with one attached hydrogen (secondary N) is 2. The van der Waals surface area contributed by atoms with Crippen LogP contribution in [0.4, 0.5) is 0 Å². The molecule has 0 saturated heterocycles. The van der Waals surface area contributed by atoms with Crippen molar-refractivity contribution < 1.29 is 14.3 Å². The Bertz CT molecular complexity index is 1820. The molecular formula is C27H26N6O5. The van der Waals surface area contributed by atoms with Crippen molar-refractivity contribution >= 4 is 33.8 Å². The quantitative estimate of drug-likeness (QED) is 0.259. The monoisotopic (exact) mass is 514 g/mol. The molecule has 38 heavy (non-hydrogen) atoms. The number of rotatable bonds is 6. The molecule has 11 heteroatoms. The smallest absolute Gasteiger partial charge is 0.353 e. The molecule has 11 nitrogen and oxygen atoms in total. The lowest BCUT2D eigenvalue weighted by molar-refractivity contribution is -0.145. The zero-order valence-corrected chi connectivity index (χ0v) is 21.4. The summed E-state index contributed by atoms with van der Waals surface area (Å²) in [5, 5.41) is 3.50. The maximum atomic E-state index is 13.3. The predicted octanol–water partition coefficient (Wildman–Crippen LogP) is 1.59. The van der Waals surface area contributed by atoms with E-state index >= 15 is 0 Å². The number of hydrogen-bond donors (Lipinski definition) is 2. The van der Waals surface area contributed by atoms with Gasteiger partial charge in [-0.3, -0.25) is 9.59 Å². The number of carbonyl (C=O) groups excluding carboxylic acids is 2. The number of para-hydroxylation sites is 1. The molecule has 0 bridgehead atoms. The number of aryl methyl sites for hydroxylation is 3. The summed E-state index contributed by atoms with van der Waals surface area (Å²) in [7, 11) is 2.93. The van der Waals surface area contributed by atoms with Crippen molar-refractivity contribution in [3.63, 3.8) is 0 Å². The number of carbonyl (C=O) groups is 2. The molecule has 2 N–H and O–H groups in total. The third kappa shape index (κ3) is 4.32. The van der Waals surface area contributed by atoms with Gasteiger partial charge in [0.1, 0.15) is 12.6 Å². The van der Waals surface area contributed by atoms with Gasteiger partial charge in [-0.05, 0) is 48.7 Å². The number of aromatic amines is 1. The van der Waals surface area contributed by atoms with Crippen molar-refractivity contribution in [1.29, 1.82) is 0 Å². The first-order valence-electron chi connectivity index (χ1n) is 12.0. The molecule has 1 atom stereocenters. The number of methoxy groups -OCH3 is 1. The molecule has 3 heterocycles. The molecule has 1 amide bonds. The number of H-pyrrole nitrogens is 1. The van der Waals surface area contributed by atoms with Crippen LogP contribution in [-0.4, -0.2) is 49.1 Å². The highest BCUT2D eigenvalue weighted by Gasteiger charge is 2.26. The first-order chi connectivity index (χ1) is 18.2. The molecular weight excluding hydrogens is 488 g/mol. The highest BCUT2D eigenvalue weighted by Crippen LogP contribution is 2.23. The van der Waals surface area contributed by atoms with Gasteiger partial charge in [0.15, 0.2) is 11.5 Å². The Morgan fingerprint density at radius 3 is 2.61 bits per heavy atom. The molecule has 2 aromatic carbocycles. The van der Waals surface area contributed by atoms with Crippen LogP contribution in [0, 0.1) is 13.8 Å². The highest BCUT2D eigenvalue weighted by atomic mass is 16.5. The van der Waals surface area contributed by atoms with Gasteiger partial charge in [0.05, 0.1) is 18.1 Å². The summed E-state index contributed by atoms with van der Waals surface area (Å²) in [4.78, 5) is 63.2. The molecule has 2 aliphatic heterocycles. The molecule has 194 valence electrons. The van der Waals surface area contributed by atoms with Crippen LogP contribution < -0.4 is 16.6 Å². The van der Waals surface area contributed by atoms with Crippen molar-refractivity contribution in [2.75, 3.05) is 7.11 Å². The Morgan fingerprint density at radius 2 is 1.84 bits per heavy atom. The molecule has 1 unspecified atom stereocenters. The number of benzene rings is 2. The van der Waals surface area contributed by atoms with Crippen LogP contribution in [0.1, 0.15) is 16.7 Å².